The average Bonchev–Trinajstić information content (AvgIpc) is 2.52. The van der Waals surface area contributed by atoms with Crippen molar-refractivity contribution in [1.82, 2.24) is 5.32 Å². The molecule has 1 atom stereocenters. The zero-order valence-corrected chi connectivity index (χ0v) is 12.5. The first-order chi connectivity index (χ1) is 10.8. The minimum absolute atomic E-state index is 0.0340. The Morgan fingerprint density at radius 3 is 2.17 bits per heavy atom. The Balaban J connectivity index is 2.24. The molecule has 0 saturated heterocycles. The zero-order chi connectivity index (χ0) is 17.1. The van der Waals surface area contributed by atoms with Gasteiger partial charge in [-0.25, -0.2) is 0 Å². The highest BCUT2D eigenvalue weighted by atomic mass is 35.5. The smallest absolute Gasteiger partial charge is 0.375 e. The van der Waals surface area contributed by atoms with Crippen LogP contribution in [-0.4, -0.2) is 23.7 Å². The van der Waals surface area contributed by atoms with Gasteiger partial charge in [0, 0.05) is 0 Å². The van der Waals surface area contributed by atoms with E-state index in [0.717, 1.165) is 12.1 Å². The van der Waals surface area contributed by atoms with Crippen molar-refractivity contribution in [3.05, 3.63) is 70.7 Å². The minimum Gasteiger partial charge on any atom is -0.375 e. The van der Waals surface area contributed by atoms with Crippen molar-refractivity contribution in [2.75, 3.05) is 6.54 Å². The van der Waals surface area contributed by atoms with Crippen molar-refractivity contribution in [1.29, 1.82) is 0 Å². The quantitative estimate of drug-likeness (QED) is 0.892. The highest BCUT2D eigenvalue weighted by molar-refractivity contribution is 6.33. The number of carbonyl (C=O) groups excluding carboxylic acids is 1. The van der Waals surface area contributed by atoms with Gasteiger partial charge in [-0.15, -0.1) is 0 Å². The van der Waals surface area contributed by atoms with Gasteiger partial charge in [-0.05, 0) is 17.7 Å². The third kappa shape index (κ3) is 3.65. The van der Waals surface area contributed by atoms with Gasteiger partial charge in [0.15, 0.2) is 0 Å². The number of nitrogens with one attached hydrogen (secondary N) is 1. The van der Waals surface area contributed by atoms with E-state index in [1.165, 1.54) is 36.4 Å². The number of aliphatic hydroxyl groups is 1. The molecule has 1 amide bonds. The topological polar surface area (TPSA) is 49.3 Å². The molecular formula is C16H13ClF3NO2. The molecule has 0 spiro atoms. The van der Waals surface area contributed by atoms with Crippen LogP contribution in [-0.2, 0) is 5.60 Å². The van der Waals surface area contributed by atoms with Gasteiger partial charge in [0.2, 0.25) is 5.60 Å². The summed E-state index contributed by atoms with van der Waals surface area (Å²) in [5, 5.41) is 12.3. The summed E-state index contributed by atoms with van der Waals surface area (Å²) in [5.74, 6) is -0.797. The highest BCUT2D eigenvalue weighted by Gasteiger charge is 2.55. The van der Waals surface area contributed by atoms with Gasteiger partial charge in [-0.3, -0.25) is 4.79 Å². The Kier molecular flexibility index (Phi) is 4.97. The first-order valence-corrected chi connectivity index (χ1v) is 7.01. The lowest BCUT2D eigenvalue weighted by molar-refractivity contribution is -0.263. The van der Waals surface area contributed by atoms with Crippen LogP contribution < -0.4 is 5.32 Å². The summed E-state index contributed by atoms with van der Waals surface area (Å²) in [7, 11) is 0. The molecule has 0 heterocycles. The zero-order valence-electron chi connectivity index (χ0n) is 11.8. The molecule has 0 aliphatic rings. The number of hydrogen-bond donors (Lipinski definition) is 2. The summed E-state index contributed by atoms with van der Waals surface area (Å²) in [6.07, 6.45) is -4.96. The van der Waals surface area contributed by atoms with Crippen LogP contribution in [0.25, 0.3) is 0 Å². The second kappa shape index (κ2) is 6.60. The normalized spacial score (nSPS) is 14.1. The van der Waals surface area contributed by atoms with Crippen molar-refractivity contribution >= 4 is 17.5 Å². The predicted octanol–water partition coefficient (Wildman–Crippen LogP) is 3.52. The Labute approximate surface area is 135 Å². The molecule has 2 rings (SSSR count). The van der Waals surface area contributed by atoms with E-state index in [1.54, 1.807) is 6.07 Å². The summed E-state index contributed by atoms with van der Waals surface area (Å²) < 4.78 is 39.9. The van der Waals surface area contributed by atoms with Gasteiger partial charge in [0.25, 0.3) is 5.91 Å². The number of carbonyl (C=O) groups is 1. The molecule has 0 unspecified atom stereocenters. The number of rotatable bonds is 4. The van der Waals surface area contributed by atoms with Crippen LogP contribution in [0.4, 0.5) is 13.2 Å². The van der Waals surface area contributed by atoms with Gasteiger partial charge in [-0.2, -0.15) is 13.2 Å². The van der Waals surface area contributed by atoms with Crippen LogP contribution in [0, 0.1) is 0 Å². The van der Waals surface area contributed by atoms with Gasteiger partial charge in [-0.1, -0.05) is 54.1 Å². The molecule has 2 aromatic carbocycles. The molecule has 0 fully saturated rings. The summed E-state index contributed by atoms with van der Waals surface area (Å²) in [6, 6.07) is 12.5. The lowest BCUT2D eigenvalue weighted by Gasteiger charge is -2.31. The maximum atomic E-state index is 13.3. The van der Waals surface area contributed by atoms with E-state index < -0.39 is 24.2 Å². The summed E-state index contributed by atoms with van der Waals surface area (Å²) in [4.78, 5) is 12.0. The molecule has 0 aliphatic heterocycles. The third-order valence-electron chi connectivity index (χ3n) is 3.34. The number of alkyl halides is 3. The van der Waals surface area contributed by atoms with Crippen molar-refractivity contribution in [3.8, 4) is 0 Å². The summed E-state index contributed by atoms with van der Waals surface area (Å²) in [5.41, 5.74) is -3.51. The van der Waals surface area contributed by atoms with Crippen LogP contribution in [0.3, 0.4) is 0 Å². The van der Waals surface area contributed by atoms with E-state index in [-0.39, 0.29) is 16.1 Å². The second-order valence-electron chi connectivity index (χ2n) is 4.89. The maximum absolute atomic E-state index is 13.3. The van der Waals surface area contributed by atoms with Crippen molar-refractivity contribution in [2.24, 2.45) is 0 Å². The largest absolute Gasteiger partial charge is 0.423 e. The maximum Gasteiger partial charge on any atom is 0.423 e. The van der Waals surface area contributed by atoms with Gasteiger partial charge in [0.1, 0.15) is 0 Å². The molecule has 2 aromatic rings. The molecule has 0 aromatic heterocycles. The van der Waals surface area contributed by atoms with Crippen LogP contribution in [0.5, 0.6) is 0 Å². The van der Waals surface area contributed by atoms with Crippen LogP contribution in [0.15, 0.2) is 54.6 Å². The fourth-order valence-electron chi connectivity index (χ4n) is 2.03. The Hall–Kier alpha value is -2.05. The molecular weight excluding hydrogens is 331 g/mol. The van der Waals surface area contributed by atoms with E-state index in [1.807, 2.05) is 0 Å². The molecule has 23 heavy (non-hydrogen) atoms. The van der Waals surface area contributed by atoms with Crippen LogP contribution >= 0.6 is 11.6 Å². The van der Waals surface area contributed by atoms with Crippen molar-refractivity contribution in [3.63, 3.8) is 0 Å². The number of halogens is 4. The fraction of sp³-hybridized carbons (Fsp3) is 0.188. The van der Waals surface area contributed by atoms with Gasteiger partial charge >= 0.3 is 6.18 Å². The van der Waals surface area contributed by atoms with Crippen LogP contribution in [0.2, 0.25) is 5.02 Å². The number of benzene rings is 2. The second-order valence-corrected chi connectivity index (χ2v) is 5.29. The van der Waals surface area contributed by atoms with Crippen LogP contribution in [0.1, 0.15) is 15.9 Å². The first kappa shape index (κ1) is 17.3. The fourth-order valence-corrected chi connectivity index (χ4v) is 2.25. The molecule has 122 valence electrons. The standard InChI is InChI=1S/C16H13ClF3NO2/c17-13-9-5-4-8-12(13)14(22)21-10-15(23,16(18,19)20)11-6-2-1-3-7-11/h1-9,23H,10H2,(H,21,22)/t15-/m1/s1. The van der Waals surface area contributed by atoms with E-state index in [2.05, 4.69) is 5.32 Å². The van der Waals surface area contributed by atoms with E-state index in [9.17, 15) is 23.1 Å². The van der Waals surface area contributed by atoms with Gasteiger partial charge < -0.3 is 10.4 Å². The summed E-state index contributed by atoms with van der Waals surface area (Å²) >= 11 is 5.83. The van der Waals surface area contributed by atoms with Crippen molar-refractivity contribution < 1.29 is 23.1 Å². The highest BCUT2D eigenvalue weighted by Crippen LogP contribution is 2.38. The molecule has 0 saturated carbocycles. The van der Waals surface area contributed by atoms with E-state index in [0.29, 0.717) is 0 Å². The lowest BCUT2D eigenvalue weighted by atomic mass is 9.93. The van der Waals surface area contributed by atoms with Crippen molar-refractivity contribution in [2.45, 2.75) is 11.8 Å². The minimum atomic E-state index is -4.96. The molecule has 0 radical (unpaired) electrons. The summed E-state index contributed by atoms with van der Waals surface area (Å²) in [6.45, 7) is -1.02. The lowest BCUT2D eigenvalue weighted by Crippen LogP contribution is -2.51. The molecule has 3 nitrogen and oxygen atoms in total. The average molecular weight is 344 g/mol. The number of hydrogen-bond acceptors (Lipinski definition) is 2. The molecule has 0 bridgehead atoms. The Morgan fingerprint density at radius 1 is 1.04 bits per heavy atom. The van der Waals surface area contributed by atoms with Gasteiger partial charge in [0.05, 0.1) is 17.1 Å². The monoisotopic (exact) mass is 343 g/mol. The molecule has 0 aliphatic carbocycles. The predicted molar refractivity (Wildman–Crippen MR) is 80.2 cm³/mol. The van der Waals surface area contributed by atoms with E-state index in [4.69, 9.17) is 11.6 Å². The Morgan fingerprint density at radius 2 is 1.61 bits per heavy atom. The first-order valence-electron chi connectivity index (χ1n) is 6.63. The third-order valence-corrected chi connectivity index (χ3v) is 3.67. The number of amides is 1. The SMILES string of the molecule is O=C(NC[C@@](O)(c1ccccc1)C(F)(F)F)c1ccccc1Cl. The molecule has 7 heteroatoms. The molecule has 2 N–H and O–H groups in total. The Bertz CT molecular complexity index is 691. The van der Waals surface area contributed by atoms with E-state index >= 15 is 0 Å².